The maximum Gasteiger partial charge on any atom is 0.416 e. The highest BCUT2D eigenvalue weighted by molar-refractivity contribution is 5.85. The fourth-order valence-electron chi connectivity index (χ4n) is 2.84. The van der Waals surface area contributed by atoms with Gasteiger partial charge in [-0.05, 0) is 43.9 Å². The molecular weight excluding hydrogens is 329 g/mol. The highest BCUT2D eigenvalue weighted by Gasteiger charge is 2.30. The Morgan fingerprint density at radius 3 is 2.39 bits per heavy atom. The highest BCUT2D eigenvalue weighted by atomic mass is 35.5. The molecule has 3 atom stereocenters. The Bertz CT molecular complexity index is 519. The third-order valence-electron chi connectivity index (χ3n) is 4.18. The third kappa shape index (κ3) is 5.39. The summed E-state index contributed by atoms with van der Waals surface area (Å²) in [4.78, 5) is 12.2. The van der Waals surface area contributed by atoms with E-state index in [9.17, 15) is 18.0 Å². The maximum atomic E-state index is 12.5. The maximum absolute atomic E-state index is 12.5. The van der Waals surface area contributed by atoms with Crippen LogP contribution in [0.4, 0.5) is 13.2 Å². The standard InChI is InChI=1S/C16H21F3N2O.ClH/c1-10(11-5-7-13(8-6-11)16(17,18)19)21-15(22)12-3-2-4-14(20)9-12;/h5-8,10,12,14H,2-4,9,20H2,1H3,(H,21,22);1H. The zero-order chi connectivity index (χ0) is 16.3. The van der Waals surface area contributed by atoms with Crippen LogP contribution in [0.5, 0.6) is 0 Å². The van der Waals surface area contributed by atoms with E-state index >= 15 is 0 Å². The summed E-state index contributed by atoms with van der Waals surface area (Å²) in [5.74, 6) is -0.164. The first-order chi connectivity index (χ1) is 10.3. The zero-order valence-electron chi connectivity index (χ0n) is 12.9. The molecule has 3 nitrogen and oxygen atoms in total. The summed E-state index contributed by atoms with van der Waals surface area (Å²) in [5, 5.41) is 2.87. The lowest BCUT2D eigenvalue weighted by atomic mass is 9.85. The second-order valence-electron chi connectivity index (χ2n) is 5.97. The first kappa shape index (κ1) is 19.8. The van der Waals surface area contributed by atoms with E-state index in [0.29, 0.717) is 12.0 Å². The Hall–Kier alpha value is -1.27. The molecule has 1 aliphatic carbocycles. The van der Waals surface area contributed by atoms with Crippen LogP contribution < -0.4 is 11.1 Å². The van der Waals surface area contributed by atoms with Crippen molar-refractivity contribution in [2.45, 2.75) is 50.9 Å². The minimum absolute atomic E-state index is 0. The molecule has 0 spiro atoms. The third-order valence-corrected chi connectivity index (χ3v) is 4.18. The number of amides is 1. The minimum atomic E-state index is -4.34. The topological polar surface area (TPSA) is 55.1 Å². The molecule has 2 rings (SSSR count). The summed E-state index contributed by atoms with van der Waals surface area (Å²) in [6.07, 6.45) is -0.972. The molecule has 0 aromatic heterocycles. The quantitative estimate of drug-likeness (QED) is 0.870. The van der Waals surface area contributed by atoms with Crippen molar-refractivity contribution in [1.29, 1.82) is 0 Å². The average Bonchev–Trinajstić information content (AvgIpc) is 2.46. The van der Waals surface area contributed by atoms with Crippen molar-refractivity contribution in [3.05, 3.63) is 35.4 Å². The molecule has 1 aromatic carbocycles. The number of nitrogens with one attached hydrogen (secondary N) is 1. The smallest absolute Gasteiger partial charge is 0.349 e. The van der Waals surface area contributed by atoms with Gasteiger partial charge in [-0.1, -0.05) is 18.6 Å². The van der Waals surface area contributed by atoms with Gasteiger partial charge in [-0.15, -0.1) is 12.4 Å². The molecule has 130 valence electrons. The van der Waals surface area contributed by atoms with Gasteiger partial charge in [0.2, 0.25) is 5.91 Å². The Morgan fingerprint density at radius 2 is 1.87 bits per heavy atom. The lowest BCUT2D eigenvalue weighted by molar-refractivity contribution is -0.137. The van der Waals surface area contributed by atoms with Gasteiger partial charge in [0.1, 0.15) is 0 Å². The van der Waals surface area contributed by atoms with Crippen LogP contribution in [-0.4, -0.2) is 11.9 Å². The summed E-state index contributed by atoms with van der Waals surface area (Å²) >= 11 is 0. The minimum Gasteiger partial charge on any atom is -0.349 e. The predicted octanol–water partition coefficient (Wildman–Crippen LogP) is 3.82. The Balaban J connectivity index is 0.00000264. The number of carbonyl (C=O) groups is 1. The summed E-state index contributed by atoms with van der Waals surface area (Å²) < 4.78 is 37.6. The van der Waals surface area contributed by atoms with Gasteiger partial charge in [0.15, 0.2) is 0 Å². The van der Waals surface area contributed by atoms with Crippen molar-refractivity contribution in [1.82, 2.24) is 5.32 Å². The van der Waals surface area contributed by atoms with Crippen LogP contribution in [0.3, 0.4) is 0 Å². The van der Waals surface area contributed by atoms with Gasteiger partial charge in [0, 0.05) is 12.0 Å². The van der Waals surface area contributed by atoms with Crippen LogP contribution in [0, 0.1) is 5.92 Å². The van der Waals surface area contributed by atoms with Gasteiger partial charge in [0.25, 0.3) is 0 Å². The zero-order valence-corrected chi connectivity index (χ0v) is 13.7. The van der Waals surface area contributed by atoms with Crippen LogP contribution in [0.2, 0.25) is 0 Å². The predicted molar refractivity (Wildman–Crippen MR) is 85.2 cm³/mol. The van der Waals surface area contributed by atoms with E-state index in [4.69, 9.17) is 5.73 Å². The average molecular weight is 351 g/mol. The molecule has 3 unspecified atom stereocenters. The lowest BCUT2D eigenvalue weighted by Crippen LogP contribution is -2.38. The van der Waals surface area contributed by atoms with Crippen LogP contribution in [0.15, 0.2) is 24.3 Å². The summed E-state index contributed by atoms with van der Waals surface area (Å²) in [7, 11) is 0. The largest absolute Gasteiger partial charge is 0.416 e. The van der Waals surface area contributed by atoms with E-state index in [1.165, 1.54) is 12.1 Å². The van der Waals surface area contributed by atoms with Crippen molar-refractivity contribution in [3.8, 4) is 0 Å². The van der Waals surface area contributed by atoms with Crippen molar-refractivity contribution in [2.75, 3.05) is 0 Å². The van der Waals surface area contributed by atoms with E-state index in [2.05, 4.69) is 5.32 Å². The number of nitrogens with two attached hydrogens (primary N) is 1. The van der Waals surface area contributed by atoms with E-state index in [1.54, 1.807) is 6.92 Å². The fraction of sp³-hybridized carbons (Fsp3) is 0.562. The van der Waals surface area contributed by atoms with Gasteiger partial charge in [-0.2, -0.15) is 13.2 Å². The van der Waals surface area contributed by atoms with Crippen LogP contribution >= 0.6 is 12.4 Å². The molecule has 0 bridgehead atoms. The summed E-state index contributed by atoms with van der Waals surface area (Å²) in [6.45, 7) is 1.77. The van der Waals surface area contributed by atoms with Crippen LogP contribution in [-0.2, 0) is 11.0 Å². The summed E-state index contributed by atoms with van der Waals surface area (Å²) in [5.41, 5.74) is 5.84. The molecule has 1 saturated carbocycles. The van der Waals surface area contributed by atoms with Crippen molar-refractivity contribution >= 4 is 18.3 Å². The second kappa shape index (κ2) is 8.02. The molecule has 1 amide bonds. The van der Waals surface area contributed by atoms with Gasteiger partial charge in [0.05, 0.1) is 11.6 Å². The fourth-order valence-corrected chi connectivity index (χ4v) is 2.84. The highest BCUT2D eigenvalue weighted by Crippen LogP contribution is 2.30. The number of hydrogen-bond donors (Lipinski definition) is 2. The summed E-state index contributed by atoms with van der Waals surface area (Å²) in [6, 6.07) is 4.61. The number of halogens is 4. The molecule has 7 heteroatoms. The lowest BCUT2D eigenvalue weighted by Gasteiger charge is -2.27. The number of carbonyl (C=O) groups excluding carboxylic acids is 1. The normalized spacial score (nSPS) is 22.8. The monoisotopic (exact) mass is 350 g/mol. The first-order valence-corrected chi connectivity index (χ1v) is 7.50. The van der Waals surface area contributed by atoms with E-state index in [-0.39, 0.29) is 36.3 Å². The number of rotatable bonds is 3. The molecule has 3 N–H and O–H groups in total. The van der Waals surface area contributed by atoms with E-state index < -0.39 is 11.7 Å². The molecule has 1 aliphatic rings. The van der Waals surface area contributed by atoms with Crippen LogP contribution in [0.25, 0.3) is 0 Å². The van der Waals surface area contributed by atoms with E-state index in [1.807, 2.05) is 0 Å². The number of benzene rings is 1. The molecule has 0 saturated heterocycles. The molecule has 0 aliphatic heterocycles. The first-order valence-electron chi connectivity index (χ1n) is 7.50. The SMILES string of the molecule is CC(NC(=O)C1CCCC(N)C1)c1ccc(C(F)(F)F)cc1.Cl. The molecular formula is C16H22ClF3N2O. The van der Waals surface area contributed by atoms with Crippen LogP contribution in [0.1, 0.15) is 49.8 Å². The molecule has 1 aromatic rings. The molecule has 1 fully saturated rings. The van der Waals surface area contributed by atoms with Crippen molar-refractivity contribution < 1.29 is 18.0 Å². The Morgan fingerprint density at radius 1 is 1.26 bits per heavy atom. The Kier molecular flexibility index (Phi) is 6.89. The molecule has 23 heavy (non-hydrogen) atoms. The Labute approximate surface area is 140 Å². The van der Waals surface area contributed by atoms with Gasteiger partial charge in [-0.25, -0.2) is 0 Å². The number of alkyl halides is 3. The second-order valence-corrected chi connectivity index (χ2v) is 5.97. The van der Waals surface area contributed by atoms with Crippen molar-refractivity contribution in [3.63, 3.8) is 0 Å². The van der Waals surface area contributed by atoms with E-state index in [0.717, 1.165) is 31.4 Å². The van der Waals surface area contributed by atoms with Crippen molar-refractivity contribution in [2.24, 2.45) is 11.7 Å². The van der Waals surface area contributed by atoms with Gasteiger partial charge < -0.3 is 11.1 Å². The van der Waals surface area contributed by atoms with Gasteiger partial charge in [-0.3, -0.25) is 4.79 Å². The van der Waals surface area contributed by atoms with Gasteiger partial charge >= 0.3 is 6.18 Å². The molecule has 0 radical (unpaired) electrons. The molecule has 0 heterocycles. The number of hydrogen-bond acceptors (Lipinski definition) is 2.